The molecule has 4 rings (SSSR count). The third kappa shape index (κ3) is 3.96. The van der Waals surface area contributed by atoms with Crippen LogP contribution in [-0.4, -0.2) is 22.5 Å². The third-order valence-electron chi connectivity index (χ3n) is 4.65. The highest BCUT2D eigenvalue weighted by molar-refractivity contribution is 5.94. The molecule has 1 aliphatic heterocycles. The number of aryl methyl sites for hydroxylation is 2. The number of amides is 1. The molecule has 0 bridgehead atoms. The number of carbonyl (C=O) groups excluding carboxylic acids is 1. The van der Waals surface area contributed by atoms with E-state index >= 15 is 0 Å². The summed E-state index contributed by atoms with van der Waals surface area (Å²) >= 11 is 0. The second kappa shape index (κ2) is 7.68. The summed E-state index contributed by atoms with van der Waals surface area (Å²) in [4.78, 5) is 21.4. The molecule has 0 saturated carbocycles. The van der Waals surface area contributed by atoms with Crippen molar-refractivity contribution in [1.82, 2.24) is 15.3 Å². The average molecular weight is 374 g/mol. The summed E-state index contributed by atoms with van der Waals surface area (Å²) in [5, 5.41) is 6.29. The standard InChI is InChI=1S/C22H22N4O2/c1-14-13-15(2)24-22(23-14)25-17-9-7-16(8-10-17)21(27)26-19-11-12-28-20-6-4-3-5-18(19)20/h3-10,13,19H,11-12H2,1-2H3,(H,26,27)(H,23,24,25). The van der Waals surface area contributed by atoms with Gasteiger partial charge in [0.15, 0.2) is 0 Å². The van der Waals surface area contributed by atoms with Crippen molar-refractivity contribution in [1.29, 1.82) is 0 Å². The Morgan fingerprint density at radius 2 is 1.75 bits per heavy atom. The molecule has 6 heteroatoms. The fraction of sp³-hybridized carbons (Fsp3) is 0.227. The van der Waals surface area contributed by atoms with Gasteiger partial charge >= 0.3 is 0 Å². The van der Waals surface area contributed by atoms with E-state index in [9.17, 15) is 4.79 Å². The maximum atomic E-state index is 12.7. The molecule has 0 spiro atoms. The Labute approximate surface area is 164 Å². The van der Waals surface area contributed by atoms with Crippen molar-refractivity contribution in [3.63, 3.8) is 0 Å². The Balaban J connectivity index is 1.45. The van der Waals surface area contributed by atoms with Crippen molar-refractivity contribution in [2.24, 2.45) is 0 Å². The molecule has 2 N–H and O–H groups in total. The van der Waals surface area contributed by atoms with Crippen molar-refractivity contribution in [3.05, 3.63) is 77.1 Å². The number of ether oxygens (including phenoxy) is 1. The molecule has 3 aromatic rings. The molecule has 0 fully saturated rings. The first-order valence-corrected chi connectivity index (χ1v) is 9.30. The number of para-hydroxylation sites is 1. The number of carbonyl (C=O) groups is 1. The molecular weight excluding hydrogens is 352 g/mol. The Hall–Kier alpha value is -3.41. The Bertz CT molecular complexity index is 981. The number of benzene rings is 2. The zero-order valence-electron chi connectivity index (χ0n) is 15.9. The molecule has 2 heterocycles. The lowest BCUT2D eigenvalue weighted by Crippen LogP contribution is -2.32. The van der Waals surface area contributed by atoms with E-state index in [-0.39, 0.29) is 11.9 Å². The van der Waals surface area contributed by atoms with Gasteiger partial charge in [-0.15, -0.1) is 0 Å². The van der Waals surface area contributed by atoms with Gasteiger partial charge in [0.25, 0.3) is 5.91 Å². The van der Waals surface area contributed by atoms with Gasteiger partial charge in [0, 0.05) is 34.6 Å². The SMILES string of the molecule is Cc1cc(C)nc(Nc2ccc(C(=O)NC3CCOc4ccccc43)cc2)n1. The first kappa shape index (κ1) is 18.0. The van der Waals surface area contributed by atoms with Crippen LogP contribution in [0.15, 0.2) is 54.6 Å². The Morgan fingerprint density at radius 1 is 1.04 bits per heavy atom. The van der Waals surface area contributed by atoms with E-state index in [0.717, 1.165) is 34.8 Å². The van der Waals surface area contributed by atoms with E-state index < -0.39 is 0 Å². The lowest BCUT2D eigenvalue weighted by atomic mass is 10.00. The zero-order chi connectivity index (χ0) is 19.5. The van der Waals surface area contributed by atoms with Crippen LogP contribution in [0.25, 0.3) is 0 Å². The molecule has 1 aromatic heterocycles. The Kier molecular flexibility index (Phi) is 4.93. The molecule has 2 aromatic carbocycles. The molecule has 28 heavy (non-hydrogen) atoms. The lowest BCUT2D eigenvalue weighted by Gasteiger charge is -2.26. The summed E-state index contributed by atoms with van der Waals surface area (Å²) in [7, 11) is 0. The van der Waals surface area contributed by atoms with Crippen LogP contribution in [0.5, 0.6) is 5.75 Å². The van der Waals surface area contributed by atoms with Crippen molar-refractivity contribution in [3.8, 4) is 5.75 Å². The number of nitrogens with zero attached hydrogens (tertiary/aromatic N) is 2. The maximum absolute atomic E-state index is 12.7. The Morgan fingerprint density at radius 3 is 2.50 bits per heavy atom. The first-order valence-electron chi connectivity index (χ1n) is 9.30. The molecule has 6 nitrogen and oxygen atoms in total. The highest BCUT2D eigenvalue weighted by atomic mass is 16.5. The maximum Gasteiger partial charge on any atom is 0.251 e. The highest BCUT2D eigenvalue weighted by Crippen LogP contribution is 2.31. The van der Waals surface area contributed by atoms with Gasteiger partial charge in [-0.05, 0) is 50.2 Å². The molecule has 0 saturated heterocycles. The minimum absolute atomic E-state index is 0.0427. The number of fused-ring (bicyclic) bond motifs is 1. The minimum atomic E-state index is -0.101. The van der Waals surface area contributed by atoms with E-state index in [0.29, 0.717) is 18.1 Å². The predicted octanol–water partition coefficient (Wildman–Crippen LogP) is 4.09. The van der Waals surface area contributed by atoms with Crippen LogP contribution in [0, 0.1) is 13.8 Å². The summed E-state index contributed by atoms with van der Waals surface area (Å²) in [5.74, 6) is 1.29. The lowest BCUT2D eigenvalue weighted by molar-refractivity contribution is 0.0925. The topological polar surface area (TPSA) is 76.1 Å². The van der Waals surface area contributed by atoms with Crippen molar-refractivity contribution >= 4 is 17.5 Å². The fourth-order valence-corrected chi connectivity index (χ4v) is 3.35. The highest BCUT2D eigenvalue weighted by Gasteiger charge is 2.23. The number of hydrogen-bond donors (Lipinski definition) is 2. The van der Waals surface area contributed by atoms with Crippen molar-refractivity contribution in [2.45, 2.75) is 26.3 Å². The van der Waals surface area contributed by atoms with Gasteiger partial charge in [-0.1, -0.05) is 18.2 Å². The van der Waals surface area contributed by atoms with Crippen molar-refractivity contribution < 1.29 is 9.53 Å². The molecule has 1 atom stereocenters. The second-order valence-corrected chi connectivity index (χ2v) is 6.88. The van der Waals surface area contributed by atoms with E-state index in [1.165, 1.54) is 0 Å². The minimum Gasteiger partial charge on any atom is -0.493 e. The summed E-state index contributed by atoms with van der Waals surface area (Å²) in [5.41, 5.74) is 4.27. The number of rotatable bonds is 4. The monoisotopic (exact) mass is 374 g/mol. The van der Waals surface area contributed by atoms with Crippen LogP contribution in [0.1, 0.15) is 39.8 Å². The van der Waals surface area contributed by atoms with Gasteiger partial charge in [0.2, 0.25) is 5.95 Å². The summed E-state index contributed by atoms with van der Waals surface area (Å²) in [6.07, 6.45) is 0.756. The third-order valence-corrected chi connectivity index (χ3v) is 4.65. The zero-order valence-corrected chi connectivity index (χ0v) is 15.9. The van der Waals surface area contributed by atoms with Crippen LogP contribution in [0.4, 0.5) is 11.6 Å². The van der Waals surface area contributed by atoms with Crippen LogP contribution >= 0.6 is 0 Å². The second-order valence-electron chi connectivity index (χ2n) is 6.88. The smallest absolute Gasteiger partial charge is 0.251 e. The van der Waals surface area contributed by atoms with Crippen LogP contribution in [0.2, 0.25) is 0 Å². The van der Waals surface area contributed by atoms with E-state index in [4.69, 9.17) is 4.74 Å². The van der Waals surface area contributed by atoms with E-state index in [2.05, 4.69) is 20.6 Å². The molecule has 0 aliphatic carbocycles. The molecule has 1 unspecified atom stereocenters. The molecular formula is C22H22N4O2. The first-order chi connectivity index (χ1) is 13.6. The number of anilines is 2. The summed E-state index contributed by atoms with van der Waals surface area (Å²) < 4.78 is 5.66. The molecule has 1 aliphatic rings. The number of aromatic nitrogens is 2. The number of hydrogen-bond acceptors (Lipinski definition) is 5. The molecule has 0 radical (unpaired) electrons. The average Bonchev–Trinajstić information content (AvgIpc) is 2.68. The van der Waals surface area contributed by atoms with Crippen molar-refractivity contribution in [2.75, 3.05) is 11.9 Å². The quantitative estimate of drug-likeness (QED) is 0.719. The van der Waals surface area contributed by atoms with Crippen LogP contribution in [-0.2, 0) is 0 Å². The summed E-state index contributed by atoms with van der Waals surface area (Å²) in [6, 6.07) is 17.0. The molecule has 142 valence electrons. The van der Waals surface area contributed by atoms with Gasteiger partial charge in [0.1, 0.15) is 5.75 Å². The van der Waals surface area contributed by atoms with Gasteiger partial charge in [0.05, 0.1) is 12.6 Å². The van der Waals surface area contributed by atoms with Gasteiger partial charge < -0.3 is 15.4 Å². The van der Waals surface area contributed by atoms with E-state index in [1.807, 2.05) is 56.3 Å². The number of nitrogens with one attached hydrogen (secondary N) is 2. The van der Waals surface area contributed by atoms with E-state index in [1.54, 1.807) is 12.1 Å². The summed E-state index contributed by atoms with van der Waals surface area (Å²) in [6.45, 7) is 4.46. The van der Waals surface area contributed by atoms with Gasteiger partial charge in [-0.3, -0.25) is 4.79 Å². The predicted molar refractivity (Wildman–Crippen MR) is 108 cm³/mol. The van der Waals surface area contributed by atoms with Gasteiger partial charge in [-0.2, -0.15) is 0 Å². The fourth-order valence-electron chi connectivity index (χ4n) is 3.35. The normalized spacial score (nSPS) is 15.3. The van der Waals surface area contributed by atoms with Crippen LogP contribution in [0.3, 0.4) is 0 Å². The van der Waals surface area contributed by atoms with Crippen LogP contribution < -0.4 is 15.4 Å². The van der Waals surface area contributed by atoms with Gasteiger partial charge in [-0.25, -0.2) is 9.97 Å². The molecule has 1 amide bonds. The largest absolute Gasteiger partial charge is 0.493 e.